The Bertz CT molecular complexity index is 604. The van der Waals surface area contributed by atoms with E-state index in [-0.39, 0.29) is 30.1 Å². The number of likely N-dealkylation sites (tertiary alicyclic amines) is 1. The van der Waals surface area contributed by atoms with Crippen LogP contribution < -0.4 is 10.5 Å². The highest BCUT2D eigenvalue weighted by atomic mass is 35.5. The summed E-state index contributed by atoms with van der Waals surface area (Å²) in [4.78, 5) is 14.6. The maximum atomic E-state index is 12.7. The standard InChI is InChI=1S/C17H22F2N2O2.ClH/c1-9-5-12(6-10(2)15(9)23-17(18)19)16(22)21-7-11-3-4-14(20)13(11)8-21;/h5-6,11,13-14,17H,3-4,7-8,20H2,1-2H3;1H. The molecule has 134 valence electrons. The molecule has 1 saturated heterocycles. The van der Waals surface area contributed by atoms with Crippen LogP contribution >= 0.6 is 12.4 Å². The highest BCUT2D eigenvalue weighted by Crippen LogP contribution is 2.38. The van der Waals surface area contributed by atoms with Crippen LogP contribution in [-0.2, 0) is 0 Å². The highest BCUT2D eigenvalue weighted by Gasteiger charge is 2.42. The highest BCUT2D eigenvalue weighted by molar-refractivity contribution is 5.95. The lowest BCUT2D eigenvalue weighted by atomic mass is 9.98. The molecule has 1 amide bonds. The predicted octanol–water partition coefficient (Wildman–Crippen LogP) is 3.14. The van der Waals surface area contributed by atoms with Gasteiger partial charge in [-0.05, 0) is 61.8 Å². The van der Waals surface area contributed by atoms with E-state index in [1.165, 1.54) is 0 Å². The van der Waals surface area contributed by atoms with Crippen molar-refractivity contribution in [2.24, 2.45) is 17.6 Å². The Morgan fingerprint density at radius 1 is 1.25 bits per heavy atom. The Hall–Kier alpha value is -1.40. The van der Waals surface area contributed by atoms with E-state index in [1.54, 1.807) is 26.0 Å². The van der Waals surface area contributed by atoms with Gasteiger partial charge < -0.3 is 15.4 Å². The number of halogens is 3. The largest absolute Gasteiger partial charge is 0.434 e. The van der Waals surface area contributed by atoms with Crippen LogP contribution in [0.3, 0.4) is 0 Å². The van der Waals surface area contributed by atoms with Crippen molar-refractivity contribution in [3.05, 3.63) is 28.8 Å². The van der Waals surface area contributed by atoms with Crippen LogP contribution in [0.5, 0.6) is 5.75 Å². The minimum absolute atomic E-state index is 0. The van der Waals surface area contributed by atoms with E-state index >= 15 is 0 Å². The van der Waals surface area contributed by atoms with Gasteiger partial charge in [0.2, 0.25) is 0 Å². The van der Waals surface area contributed by atoms with Gasteiger partial charge in [-0.2, -0.15) is 8.78 Å². The number of amides is 1. The number of hydrogen-bond donors (Lipinski definition) is 1. The topological polar surface area (TPSA) is 55.6 Å². The lowest BCUT2D eigenvalue weighted by Crippen LogP contribution is -2.33. The second kappa shape index (κ2) is 7.23. The van der Waals surface area contributed by atoms with E-state index in [9.17, 15) is 13.6 Å². The summed E-state index contributed by atoms with van der Waals surface area (Å²) in [6.07, 6.45) is 2.12. The number of alkyl halides is 2. The summed E-state index contributed by atoms with van der Waals surface area (Å²) < 4.78 is 29.4. The van der Waals surface area contributed by atoms with Crippen LogP contribution in [0.2, 0.25) is 0 Å². The normalized spacial score (nSPS) is 25.6. The molecule has 1 aromatic carbocycles. The number of hydrogen-bond acceptors (Lipinski definition) is 3. The number of ether oxygens (including phenoxy) is 1. The average molecular weight is 361 g/mol. The van der Waals surface area contributed by atoms with Crippen molar-refractivity contribution in [2.45, 2.75) is 39.3 Å². The summed E-state index contributed by atoms with van der Waals surface area (Å²) in [5, 5.41) is 0. The van der Waals surface area contributed by atoms with Crippen LogP contribution in [0, 0.1) is 25.7 Å². The third-order valence-electron chi connectivity index (χ3n) is 5.11. The van der Waals surface area contributed by atoms with Crippen LogP contribution in [0.4, 0.5) is 8.78 Å². The second-order valence-corrected chi connectivity index (χ2v) is 6.69. The van der Waals surface area contributed by atoms with Gasteiger partial charge in [0, 0.05) is 24.7 Å². The number of rotatable bonds is 3. The Kier molecular flexibility index (Phi) is 5.71. The molecule has 3 unspecified atom stereocenters. The van der Waals surface area contributed by atoms with E-state index in [4.69, 9.17) is 5.73 Å². The summed E-state index contributed by atoms with van der Waals surface area (Å²) in [6, 6.07) is 3.44. The van der Waals surface area contributed by atoms with E-state index < -0.39 is 6.61 Å². The molecule has 2 fully saturated rings. The van der Waals surface area contributed by atoms with Gasteiger partial charge in [-0.3, -0.25) is 4.79 Å². The molecule has 1 heterocycles. The first kappa shape index (κ1) is 18.9. The van der Waals surface area contributed by atoms with Gasteiger partial charge in [0.1, 0.15) is 5.75 Å². The molecule has 1 saturated carbocycles. The fourth-order valence-electron chi connectivity index (χ4n) is 4.00. The van der Waals surface area contributed by atoms with Crippen molar-refractivity contribution >= 4 is 18.3 Å². The van der Waals surface area contributed by atoms with Crippen molar-refractivity contribution in [2.75, 3.05) is 13.1 Å². The SMILES string of the molecule is Cc1cc(C(=O)N2CC3CCC(N)C3C2)cc(C)c1OC(F)F.Cl. The number of aryl methyl sites for hydroxylation is 2. The van der Waals surface area contributed by atoms with Crippen LogP contribution in [0.15, 0.2) is 12.1 Å². The van der Waals surface area contributed by atoms with Crippen molar-refractivity contribution in [3.63, 3.8) is 0 Å². The molecule has 1 aliphatic heterocycles. The molecule has 0 spiro atoms. The first-order valence-corrected chi connectivity index (χ1v) is 7.97. The molecule has 24 heavy (non-hydrogen) atoms. The number of nitrogens with zero attached hydrogens (tertiary/aromatic N) is 1. The predicted molar refractivity (Wildman–Crippen MR) is 89.9 cm³/mol. The number of carbonyl (C=O) groups excluding carboxylic acids is 1. The molecule has 1 aromatic rings. The molecule has 2 aliphatic rings. The van der Waals surface area contributed by atoms with Gasteiger partial charge in [0.25, 0.3) is 5.91 Å². The Morgan fingerprint density at radius 3 is 2.42 bits per heavy atom. The van der Waals surface area contributed by atoms with Gasteiger partial charge in [-0.15, -0.1) is 12.4 Å². The monoisotopic (exact) mass is 360 g/mol. The Labute approximate surface area is 146 Å². The Balaban J connectivity index is 0.00000208. The van der Waals surface area contributed by atoms with Crippen LogP contribution in [0.25, 0.3) is 0 Å². The van der Waals surface area contributed by atoms with E-state index in [2.05, 4.69) is 4.74 Å². The molecule has 3 atom stereocenters. The zero-order chi connectivity index (χ0) is 16.7. The van der Waals surface area contributed by atoms with Crippen molar-refractivity contribution in [1.29, 1.82) is 0 Å². The molecule has 4 nitrogen and oxygen atoms in total. The third kappa shape index (κ3) is 3.49. The summed E-state index contributed by atoms with van der Waals surface area (Å²) in [5.41, 5.74) is 7.73. The zero-order valence-electron chi connectivity index (χ0n) is 13.8. The third-order valence-corrected chi connectivity index (χ3v) is 5.11. The zero-order valence-corrected chi connectivity index (χ0v) is 14.6. The average Bonchev–Trinajstić information content (AvgIpc) is 3.04. The fraction of sp³-hybridized carbons (Fsp3) is 0.588. The quantitative estimate of drug-likeness (QED) is 0.901. The maximum Gasteiger partial charge on any atom is 0.387 e. The lowest BCUT2D eigenvalue weighted by Gasteiger charge is -2.20. The summed E-state index contributed by atoms with van der Waals surface area (Å²) in [6.45, 7) is 1.92. The van der Waals surface area contributed by atoms with Gasteiger partial charge in [0.15, 0.2) is 0 Å². The van der Waals surface area contributed by atoms with Gasteiger partial charge in [-0.1, -0.05) is 0 Å². The molecule has 2 N–H and O–H groups in total. The first-order chi connectivity index (χ1) is 10.9. The molecule has 1 aliphatic carbocycles. The molecule has 3 rings (SSSR count). The van der Waals surface area contributed by atoms with Gasteiger partial charge in [0.05, 0.1) is 0 Å². The molecule has 0 bridgehead atoms. The second-order valence-electron chi connectivity index (χ2n) is 6.69. The number of nitrogens with two attached hydrogens (primary N) is 1. The Morgan fingerprint density at radius 2 is 1.88 bits per heavy atom. The first-order valence-electron chi connectivity index (χ1n) is 7.97. The van der Waals surface area contributed by atoms with Crippen LogP contribution in [0.1, 0.15) is 34.3 Å². The van der Waals surface area contributed by atoms with Crippen LogP contribution in [-0.4, -0.2) is 36.5 Å². The molecule has 0 aromatic heterocycles. The maximum absolute atomic E-state index is 12.7. The fourth-order valence-corrected chi connectivity index (χ4v) is 4.00. The van der Waals surface area contributed by atoms with Crippen molar-refractivity contribution < 1.29 is 18.3 Å². The van der Waals surface area contributed by atoms with E-state index in [0.717, 1.165) is 19.4 Å². The molecular weight excluding hydrogens is 338 g/mol. The molecule has 0 radical (unpaired) electrons. The number of carbonyl (C=O) groups is 1. The van der Waals surface area contributed by atoms with Gasteiger partial charge in [-0.25, -0.2) is 0 Å². The summed E-state index contributed by atoms with van der Waals surface area (Å²) >= 11 is 0. The minimum atomic E-state index is -2.87. The smallest absolute Gasteiger partial charge is 0.387 e. The summed E-state index contributed by atoms with van der Waals surface area (Å²) in [7, 11) is 0. The molecular formula is C17H23ClF2N2O2. The lowest BCUT2D eigenvalue weighted by molar-refractivity contribution is -0.0507. The molecule has 7 heteroatoms. The van der Waals surface area contributed by atoms with E-state index in [0.29, 0.717) is 35.1 Å². The van der Waals surface area contributed by atoms with Crippen molar-refractivity contribution in [3.8, 4) is 5.75 Å². The minimum Gasteiger partial charge on any atom is -0.434 e. The van der Waals surface area contributed by atoms with Crippen molar-refractivity contribution in [1.82, 2.24) is 4.90 Å². The number of fused-ring (bicyclic) bond motifs is 1. The number of benzene rings is 1. The van der Waals surface area contributed by atoms with E-state index in [1.807, 2.05) is 4.90 Å². The van der Waals surface area contributed by atoms with Gasteiger partial charge >= 0.3 is 6.61 Å². The summed E-state index contributed by atoms with van der Waals surface area (Å²) in [5.74, 6) is 0.985.